The maximum atomic E-state index is 11.1. The predicted molar refractivity (Wildman–Crippen MR) is 83.8 cm³/mol. The van der Waals surface area contributed by atoms with E-state index in [1.807, 2.05) is 0 Å². The molecule has 0 aliphatic rings. The molecular formula is C15H9Cl2NO4. The molecule has 0 bridgehead atoms. The summed E-state index contributed by atoms with van der Waals surface area (Å²) >= 11 is 5.42. The molecule has 0 aliphatic carbocycles. The molecule has 0 fully saturated rings. The van der Waals surface area contributed by atoms with Gasteiger partial charge in [0.15, 0.2) is 5.58 Å². The number of aromatic nitrogens is 1. The van der Waals surface area contributed by atoms with Crippen LogP contribution in [0.5, 0.6) is 0 Å². The van der Waals surface area contributed by atoms with Gasteiger partial charge in [-0.1, -0.05) is 0 Å². The van der Waals surface area contributed by atoms with Gasteiger partial charge in [0.1, 0.15) is 5.52 Å². The molecule has 1 N–H and O–H groups in total. The second-order valence-corrected chi connectivity index (χ2v) is 4.70. The number of carbonyl (C=O) groups is 2. The molecule has 3 aromatic rings. The van der Waals surface area contributed by atoms with Crippen molar-refractivity contribution in [2.45, 2.75) is 0 Å². The van der Waals surface area contributed by atoms with E-state index < -0.39 is 11.2 Å². The molecule has 112 valence electrons. The number of hydrogen-bond acceptors (Lipinski definition) is 4. The van der Waals surface area contributed by atoms with Crippen molar-refractivity contribution in [2.24, 2.45) is 0 Å². The van der Waals surface area contributed by atoms with Crippen LogP contribution in [0.1, 0.15) is 20.7 Å². The lowest BCUT2D eigenvalue weighted by atomic mass is 10.1. The summed E-state index contributed by atoms with van der Waals surface area (Å²) in [5.74, 6) is -0.648. The summed E-state index contributed by atoms with van der Waals surface area (Å²) in [6.07, 6.45) is 0. The first kappa shape index (κ1) is 16.0. The van der Waals surface area contributed by atoms with Crippen LogP contribution in [-0.4, -0.2) is 21.3 Å². The standard InChI is InChI=1S/C15H8ClNO4.ClH/c16-13(18)10-5-6-12-11(7-10)17-14(21-12)8-1-3-9(4-2-8)15(19)20;/h1-7H,(H,19,20);1H. The van der Waals surface area contributed by atoms with E-state index in [2.05, 4.69) is 4.98 Å². The SMILES string of the molecule is Cl.O=C(O)c1ccc(-c2nc3cc(C(=O)Cl)ccc3o2)cc1. The first-order valence-electron chi connectivity index (χ1n) is 5.99. The van der Waals surface area contributed by atoms with Crippen LogP contribution >= 0.6 is 24.0 Å². The van der Waals surface area contributed by atoms with E-state index in [4.69, 9.17) is 21.1 Å². The van der Waals surface area contributed by atoms with Gasteiger partial charge in [-0.2, -0.15) is 0 Å². The van der Waals surface area contributed by atoms with Crippen molar-refractivity contribution in [1.29, 1.82) is 0 Å². The molecule has 0 unspecified atom stereocenters. The van der Waals surface area contributed by atoms with Crippen LogP contribution in [0.15, 0.2) is 46.9 Å². The number of oxazole rings is 1. The van der Waals surface area contributed by atoms with Crippen LogP contribution in [0.2, 0.25) is 0 Å². The molecule has 0 amide bonds. The fraction of sp³-hybridized carbons (Fsp3) is 0. The summed E-state index contributed by atoms with van der Waals surface area (Å²) in [4.78, 5) is 26.2. The summed E-state index contributed by atoms with van der Waals surface area (Å²) in [6.45, 7) is 0. The number of carboxylic acids is 1. The van der Waals surface area contributed by atoms with Gasteiger partial charge in [-0.05, 0) is 54.1 Å². The molecule has 0 saturated carbocycles. The third-order valence-electron chi connectivity index (χ3n) is 2.99. The van der Waals surface area contributed by atoms with Crippen LogP contribution in [0, 0.1) is 0 Å². The first-order valence-corrected chi connectivity index (χ1v) is 6.36. The molecular weight excluding hydrogens is 329 g/mol. The van der Waals surface area contributed by atoms with E-state index in [9.17, 15) is 9.59 Å². The summed E-state index contributed by atoms with van der Waals surface area (Å²) in [6, 6.07) is 10.9. The zero-order valence-electron chi connectivity index (χ0n) is 10.9. The molecule has 2 aromatic carbocycles. The highest BCUT2D eigenvalue weighted by molar-refractivity contribution is 6.67. The average Bonchev–Trinajstić information content (AvgIpc) is 2.90. The van der Waals surface area contributed by atoms with Crippen LogP contribution in [0.3, 0.4) is 0 Å². The molecule has 7 heteroatoms. The third kappa shape index (κ3) is 2.95. The van der Waals surface area contributed by atoms with Crippen LogP contribution < -0.4 is 0 Å². The minimum Gasteiger partial charge on any atom is -0.478 e. The van der Waals surface area contributed by atoms with Gasteiger partial charge >= 0.3 is 5.97 Å². The Morgan fingerprint density at radius 3 is 2.27 bits per heavy atom. The number of rotatable bonds is 3. The van der Waals surface area contributed by atoms with E-state index >= 15 is 0 Å². The van der Waals surface area contributed by atoms with E-state index in [0.29, 0.717) is 28.1 Å². The van der Waals surface area contributed by atoms with Gasteiger partial charge in [-0.15, -0.1) is 12.4 Å². The molecule has 0 spiro atoms. The Bertz CT molecular complexity index is 856. The molecule has 1 heterocycles. The van der Waals surface area contributed by atoms with Gasteiger partial charge in [-0.3, -0.25) is 4.79 Å². The summed E-state index contributed by atoms with van der Waals surface area (Å²) < 4.78 is 5.58. The lowest BCUT2D eigenvalue weighted by Gasteiger charge is -1.96. The first-order chi connectivity index (χ1) is 10.0. The van der Waals surface area contributed by atoms with Crippen molar-refractivity contribution in [3.8, 4) is 11.5 Å². The zero-order chi connectivity index (χ0) is 15.0. The average molecular weight is 338 g/mol. The van der Waals surface area contributed by atoms with Crippen molar-refractivity contribution in [1.82, 2.24) is 4.98 Å². The summed E-state index contributed by atoms with van der Waals surface area (Å²) in [7, 11) is 0. The largest absolute Gasteiger partial charge is 0.478 e. The molecule has 0 aliphatic heterocycles. The minimum absolute atomic E-state index is 0. The monoisotopic (exact) mass is 337 g/mol. The van der Waals surface area contributed by atoms with Crippen molar-refractivity contribution >= 4 is 46.3 Å². The Kier molecular flexibility index (Phi) is 4.49. The molecule has 3 rings (SSSR count). The van der Waals surface area contributed by atoms with Gasteiger partial charge in [0.05, 0.1) is 5.56 Å². The Labute approximate surface area is 135 Å². The van der Waals surface area contributed by atoms with Crippen LogP contribution in [-0.2, 0) is 0 Å². The highest BCUT2D eigenvalue weighted by atomic mass is 35.5. The van der Waals surface area contributed by atoms with E-state index in [1.54, 1.807) is 30.3 Å². The number of hydrogen-bond donors (Lipinski definition) is 1. The Morgan fingerprint density at radius 2 is 1.68 bits per heavy atom. The molecule has 0 saturated heterocycles. The van der Waals surface area contributed by atoms with Crippen LogP contribution in [0.4, 0.5) is 0 Å². The fourth-order valence-electron chi connectivity index (χ4n) is 1.93. The molecule has 0 radical (unpaired) electrons. The predicted octanol–water partition coefficient (Wildman–Crippen LogP) is 3.99. The smallest absolute Gasteiger partial charge is 0.335 e. The third-order valence-corrected chi connectivity index (χ3v) is 3.21. The Hall–Kier alpha value is -2.37. The summed E-state index contributed by atoms with van der Waals surface area (Å²) in [5, 5.41) is 8.30. The van der Waals surface area contributed by atoms with Crippen molar-refractivity contribution < 1.29 is 19.1 Å². The molecule has 5 nitrogen and oxygen atoms in total. The number of aromatic carboxylic acids is 1. The van der Waals surface area contributed by atoms with Gasteiger partial charge in [0, 0.05) is 11.1 Å². The Morgan fingerprint density at radius 1 is 1.05 bits per heavy atom. The number of carboxylic acid groups (broad SMARTS) is 1. The number of benzene rings is 2. The molecule has 22 heavy (non-hydrogen) atoms. The lowest BCUT2D eigenvalue weighted by Crippen LogP contribution is -1.94. The fourth-order valence-corrected chi connectivity index (χ4v) is 2.05. The maximum Gasteiger partial charge on any atom is 0.335 e. The van der Waals surface area contributed by atoms with Gasteiger partial charge in [0.25, 0.3) is 5.24 Å². The number of halogens is 2. The summed E-state index contributed by atoms with van der Waals surface area (Å²) in [5.41, 5.74) is 2.21. The molecule has 0 atom stereocenters. The zero-order valence-corrected chi connectivity index (χ0v) is 12.5. The van der Waals surface area contributed by atoms with Crippen molar-refractivity contribution in [3.05, 3.63) is 53.6 Å². The van der Waals surface area contributed by atoms with E-state index in [0.717, 1.165) is 0 Å². The second kappa shape index (κ2) is 6.17. The highest BCUT2D eigenvalue weighted by Gasteiger charge is 2.11. The highest BCUT2D eigenvalue weighted by Crippen LogP contribution is 2.25. The normalized spacial score (nSPS) is 10.2. The minimum atomic E-state index is -0.996. The van der Waals surface area contributed by atoms with Gasteiger partial charge < -0.3 is 9.52 Å². The number of nitrogens with zero attached hydrogens (tertiary/aromatic N) is 1. The molecule has 1 aromatic heterocycles. The lowest BCUT2D eigenvalue weighted by molar-refractivity contribution is 0.0696. The Balaban J connectivity index is 0.00000176. The quantitative estimate of drug-likeness (QED) is 0.730. The topological polar surface area (TPSA) is 80.4 Å². The maximum absolute atomic E-state index is 11.1. The van der Waals surface area contributed by atoms with Crippen molar-refractivity contribution in [3.63, 3.8) is 0 Å². The van der Waals surface area contributed by atoms with E-state index in [1.165, 1.54) is 12.1 Å². The van der Waals surface area contributed by atoms with E-state index in [-0.39, 0.29) is 18.0 Å². The number of carbonyl (C=O) groups excluding carboxylic acids is 1. The van der Waals surface area contributed by atoms with Crippen molar-refractivity contribution in [2.75, 3.05) is 0 Å². The van der Waals surface area contributed by atoms with Gasteiger partial charge in [-0.25, -0.2) is 9.78 Å². The van der Waals surface area contributed by atoms with Gasteiger partial charge in [0.2, 0.25) is 5.89 Å². The second-order valence-electron chi connectivity index (χ2n) is 4.36. The number of fused-ring (bicyclic) bond motifs is 1. The van der Waals surface area contributed by atoms with Crippen LogP contribution in [0.25, 0.3) is 22.6 Å².